The van der Waals surface area contributed by atoms with Gasteiger partial charge < -0.3 is 10.6 Å². The first kappa shape index (κ1) is 11.6. The van der Waals surface area contributed by atoms with Gasteiger partial charge in [0.15, 0.2) is 0 Å². The van der Waals surface area contributed by atoms with Crippen LogP contribution in [0, 0.1) is 0 Å². The van der Waals surface area contributed by atoms with Gasteiger partial charge in [-0.15, -0.1) is 0 Å². The number of nitrogens with one attached hydrogen (secondary N) is 2. The minimum atomic E-state index is 0.826. The van der Waals surface area contributed by atoms with Gasteiger partial charge in [-0.2, -0.15) is 0 Å². The second-order valence-electron chi connectivity index (χ2n) is 4.21. The molecule has 1 aliphatic heterocycles. The van der Waals surface area contributed by atoms with E-state index in [1.165, 1.54) is 5.56 Å². The van der Waals surface area contributed by atoms with Gasteiger partial charge >= 0.3 is 0 Å². The molecular formula is C13H13BrN4. The third-order valence-corrected chi connectivity index (χ3v) is 3.51. The van der Waals surface area contributed by atoms with Crippen LogP contribution in [0.3, 0.4) is 0 Å². The molecule has 0 amide bonds. The third-order valence-electron chi connectivity index (χ3n) is 2.99. The van der Waals surface area contributed by atoms with Crippen LogP contribution in [0.2, 0.25) is 0 Å². The lowest BCUT2D eigenvalue weighted by atomic mass is 10.1. The van der Waals surface area contributed by atoms with Crippen molar-refractivity contribution in [2.45, 2.75) is 13.0 Å². The Morgan fingerprint density at radius 1 is 1.17 bits per heavy atom. The molecule has 0 spiro atoms. The number of halogens is 1. The average Bonchev–Trinajstić information content (AvgIpc) is 2.42. The highest BCUT2D eigenvalue weighted by atomic mass is 79.9. The van der Waals surface area contributed by atoms with Crippen LogP contribution < -0.4 is 10.6 Å². The number of nitrogens with zero attached hydrogens (tertiary/aromatic N) is 2. The zero-order chi connectivity index (χ0) is 12.4. The maximum Gasteiger partial charge on any atom is 0.137 e. The minimum Gasteiger partial charge on any atom is -0.340 e. The van der Waals surface area contributed by atoms with Crippen molar-refractivity contribution in [2.75, 3.05) is 11.9 Å². The summed E-state index contributed by atoms with van der Waals surface area (Å²) in [4.78, 5) is 8.66. The fourth-order valence-corrected chi connectivity index (χ4v) is 2.33. The Morgan fingerprint density at radius 3 is 2.83 bits per heavy atom. The summed E-state index contributed by atoms with van der Waals surface area (Å²) >= 11 is 3.43. The molecule has 0 bridgehead atoms. The van der Waals surface area contributed by atoms with E-state index in [0.29, 0.717) is 0 Å². The van der Waals surface area contributed by atoms with Gasteiger partial charge in [0.05, 0.1) is 5.69 Å². The molecule has 0 aliphatic carbocycles. The molecule has 4 nitrogen and oxygen atoms in total. The lowest BCUT2D eigenvalue weighted by Gasteiger charge is -2.19. The Bertz CT molecular complexity index is 553. The summed E-state index contributed by atoms with van der Waals surface area (Å²) in [7, 11) is 0. The first-order valence-corrected chi connectivity index (χ1v) is 6.68. The molecule has 0 fully saturated rings. The molecule has 2 N–H and O–H groups in total. The number of aromatic nitrogens is 2. The van der Waals surface area contributed by atoms with Crippen LogP contribution in [0.4, 0.5) is 11.5 Å². The summed E-state index contributed by atoms with van der Waals surface area (Å²) < 4.78 is 1.07. The Labute approximate surface area is 114 Å². The highest BCUT2D eigenvalue weighted by molar-refractivity contribution is 9.10. The van der Waals surface area contributed by atoms with E-state index in [2.05, 4.69) is 36.5 Å². The smallest absolute Gasteiger partial charge is 0.137 e. The van der Waals surface area contributed by atoms with Crippen molar-refractivity contribution in [3.05, 3.63) is 46.3 Å². The van der Waals surface area contributed by atoms with Crippen LogP contribution in [0.15, 0.2) is 35.1 Å². The molecule has 1 aliphatic rings. The van der Waals surface area contributed by atoms with Gasteiger partial charge in [0.25, 0.3) is 0 Å². The van der Waals surface area contributed by atoms with E-state index in [9.17, 15) is 0 Å². The predicted octanol–water partition coefficient (Wildman–Crippen LogP) is 2.63. The van der Waals surface area contributed by atoms with Crippen LogP contribution in [-0.2, 0) is 13.0 Å². The fourth-order valence-electron chi connectivity index (χ4n) is 2.06. The maximum atomic E-state index is 4.35. The van der Waals surface area contributed by atoms with E-state index in [1.54, 1.807) is 6.33 Å². The molecule has 0 atom stereocenters. The molecule has 2 heterocycles. The molecule has 0 saturated heterocycles. The lowest BCUT2D eigenvalue weighted by Crippen LogP contribution is -2.25. The topological polar surface area (TPSA) is 49.8 Å². The second kappa shape index (κ2) is 5.04. The zero-order valence-corrected chi connectivity index (χ0v) is 11.4. The lowest BCUT2D eigenvalue weighted by molar-refractivity contribution is 0.624. The third kappa shape index (κ3) is 2.37. The molecular weight excluding hydrogens is 292 g/mol. The highest BCUT2D eigenvalue weighted by Crippen LogP contribution is 2.23. The number of anilines is 2. The molecule has 0 unspecified atom stereocenters. The van der Waals surface area contributed by atoms with Gasteiger partial charge in [-0.3, -0.25) is 0 Å². The normalized spacial score (nSPS) is 14.1. The van der Waals surface area contributed by atoms with Gasteiger partial charge in [0.1, 0.15) is 12.1 Å². The van der Waals surface area contributed by atoms with Crippen LogP contribution in [-0.4, -0.2) is 16.5 Å². The number of rotatable bonds is 2. The van der Waals surface area contributed by atoms with E-state index in [1.807, 2.05) is 24.3 Å². The van der Waals surface area contributed by atoms with Crippen molar-refractivity contribution in [3.63, 3.8) is 0 Å². The predicted molar refractivity (Wildman–Crippen MR) is 74.9 cm³/mol. The molecule has 2 aromatic rings. The maximum absolute atomic E-state index is 4.35. The largest absolute Gasteiger partial charge is 0.340 e. The Kier molecular flexibility index (Phi) is 3.25. The average molecular weight is 305 g/mol. The number of hydrogen-bond donors (Lipinski definition) is 2. The van der Waals surface area contributed by atoms with E-state index in [-0.39, 0.29) is 0 Å². The van der Waals surface area contributed by atoms with E-state index < -0.39 is 0 Å². The van der Waals surface area contributed by atoms with E-state index >= 15 is 0 Å². The Balaban J connectivity index is 1.90. The molecule has 18 heavy (non-hydrogen) atoms. The minimum absolute atomic E-state index is 0.826. The molecule has 3 rings (SSSR count). The van der Waals surface area contributed by atoms with Crippen LogP contribution in [0.5, 0.6) is 0 Å². The van der Waals surface area contributed by atoms with Crippen molar-refractivity contribution in [1.29, 1.82) is 0 Å². The Morgan fingerprint density at radius 2 is 2.00 bits per heavy atom. The number of benzene rings is 1. The monoisotopic (exact) mass is 304 g/mol. The van der Waals surface area contributed by atoms with E-state index in [0.717, 1.165) is 41.2 Å². The van der Waals surface area contributed by atoms with Crippen molar-refractivity contribution in [1.82, 2.24) is 15.3 Å². The number of hydrogen-bond acceptors (Lipinski definition) is 4. The second-order valence-corrected chi connectivity index (χ2v) is 5.12. The number of fused-ring (bicyclic) bond motifs is 1. The van der Waals surface area contributed by atoms with Gasteiger partial charge in [-0.05, 0) is 37.2 Å². The SMILES string of the molecule is Brc1ccc(Nc2ncnc3c2CCNC3)cc1. The summed E-state index contributed by atoms with van der Waals surface area (Å²) in [6.45, 7) is 1.81. The fraction of sp³-hybridized carbons (Fsp3) is 0.231. The van der Waals surface area contributed by atoms with Crippen LogP contribution >= 0.6 is 15.9 Å². The molecule has 1 aromatic carbocycles. The van der Waals surface area contributed by atoms with Crippen molar-refractivity contribution in [2.24, 2.45) is 0 Å². The van der Waals surface area contributed by atoms with Crippen molar-refractivity contribution in [3.8, 4) is 0 Å². The van der Waals surface area contributed by atoms with E-state index in [4.69, 9.17) is 0 Å². The van der Waals surface area contributed by atoms with Crippen molar-refractivity contribution >= 4 is 27.4 Å². The Hall–Kier alpha value is -1.46. The molecule has 0 saturated carbocycles. The zero-order valence-electron chi connectivity index (χ0n) is 9.78. The van der Waals surface area contributed by atoms with Gasteiger partial charge in [-0.25, -0.2) is 9.97 Å². The highest BCUT2D eigenvalue weighted by Gasteiger charge is 2.14. The molecule has 1 aromatic heterocycles. The summed E-state index contributed by atoms with van der Waals surface area (Å²) in [5.41, 5.74) is 3.35. The van der Waals surface area contributed by atoms with Gasteiger partial charge in [0.2, 0.25) is 0 Å². The van der Waals surface area contributed by atoms with Gasteiger partial charge in [-0.1, -0.05) is 15.9 Å². The summed E-state index contributed by atoms with van der Waals surface area (Å²) in [6.07, 6.45) is 2.59. The summed E-state index contributed by atoms with van der Waals surface area (Å²) in [5, 5.41) is 6.67. The quantitative estimate of drug-likeness (QED) is 0.895. The summed E-state index contributed by atoms with van der Waals surface area (Å²) in [5.74, 6) is 0.920. The summed E-state index contributed by atoms with van der Waals surface area (Å²) in [6, 6.07) is 8.08. The van der Waals surface area contributed by atoms with Gasteiger partial charge in [0, 0.05) is 22.3 Å². The first-order valence-electron chi connectivity index (χ1n) is 5.89. The van der Waals surface area contributed by atoms with Crippen LogP contribution in [0.25, 0.3) is 0 Å². The molecule has 92 valence electrons. The van der Waals surface area contributed by atoms with Crippen LogP contribution in [0.1, 0.15) is 11.3 Å². The molecule has 0 radical (unpaired) electrons. The first-order chi connectivity index (χ1) is 8.83. The standard InChI is InChI=1S/C13H13BrN4/c14-9-1-3-10(4-2-9)18-13-11-5-6-15-7-12(11)16-8-17-13/h1-4,8,15H,5-7H2,(H,16,17,18). The van der Waals surface area contributed by atoms with Crippen molar-refractivity contribution < 1.29 is 0 Å². The molecule has 5 heteroatoms.